The van der Waals surface area contributed by atoms with Crippen LogP contribution in [-0.2, 0) is 4.79 Å². The third-order valence-corrected chi connectivity index (χ3v) is 2.19. The lowest BCUT2D eigenvalue weighted by atomic mass is 10.2. The first-order chi connectivity index (χ1) is 7.13. The Morgan fingerprint density at radius 3 is 2.93 bits per heavy atom. The lowest BCUT2D eigenvalue weighted by Crippen LogP contribution is -2.11. The molecular formula is C12H12ClNO. The van der Waals surface area contributed by atoms with Gasteiger partial charge in [0.25, 0.3) is 0 Å². The third kappa shape index (κ3) is 3.65. The fourth-order valence-corrected chi connectivity index (χ4v) is 1.39. The molecular weight excluding hydrogens is 210 g/mol. The minimum atomic E-state index is -0.0710. The number of hydrogen-bond acceptors (Lipinski definition) is 1. The predicted octanol–water partition coefficient (Wildman–Crippen LogP) is 3.00. The van der Waals surface area contributed by atoms with Crippen molar-refractivity contribution in [2.45, 2.75) is 19.8 Å². The largest absolute Gasteiger partial charge is 0.326 e. The number of aryl methyl sites for hydroxylation is 1. The fourth-order valence-electron chi connectivity index (χ4n) is 1.17. The Morgan fingerprint density at radius 1 is 1.60 bits per heavy atom. The van der Waals surface area contributed by atoms with E-state index in [0.717, 1.165) is 11.3 Å². The van der Waals surface area contributed by atoms with E-state index in [1.807, 2.05) is 6.92 Å². The summed E-state index contributed by atoms with van der Waals surface area (Å²) in [5, 5.41) is 3.44. The molecule has 1 aromatic rings. The molecule has 0 saturated carbocycles. The van der Waals surface area contributed by atoms with Gasteiger partial charge in [-0.1, -0.05) is 11.6 Å². The molecule has 2 nitrogen and oxygen atoms in total. The van der Waals surface area contributed by atoms with Crippen molar-refractivity contribution >= 4 is 23.2 Å². The Labute approximate surface area is 94.6 Å². The molecule has 0 atom stereocenters. The zero-order valence-corrected chi connectivity index (χ0v) is 9.27. The van der Waals surface area contributed by atoms with E-state index in [4.69, 9.17) is 18.0 Å². The maximum atomic E-state index is 11.4. The van der Waals surface area contributed by atoms with Crippen molar-refractivity contribution in [3.05, 3.63) is 28.8 Å². The summed E-state index contributed by atoms with van der Waals surface area (Å²) in [5.41, 5.74) is 1.72. The van der Waals surface area contributed by atoms with Gasteiger partial charge in [-0.3, -0.25) is 4.79 Å². The summed E-state index contributed by atoms with van der Waals surface area (Å²) < 4.78 is 0. The summed E-state index contributed by atoms with van der Waals surface area (Å²) in [7, 11) is 0. The Balaban J connectivity index is 2.65. The summed E-state index contributed by atoms with van der Waals surface area (Å²) in [4.78, 5) is 11.4. The molecule has 15 heavy (non-hydrogen) atoms. The lowest BCUT2D eigenvalue weighted by Gasteiger charge is -2.07. The van der Waals surface area contributed by atoms with Gasteiger partial charge in [-0.25, -0.2) is 0 Å². The average molecular weight is 222 g/mol. The van der Waals surface area contributed by atoms with E-state index in [-0.39, 0.29) is 5.91 Å². The van der Waals surface area contributed by atoms with Crippen LogP contribution in [0, 0.1) is 19.3 Å². The van der Waals surface area contributed by atoms with Crippen LogP contribution in [0.1, 0.15) is 18.4 Å². The van der Waals surface area contributed by atoms with Crippen molar-refractivity contribution in [2.24, 2.45) is 0 Å². The quantitative estimate of drug-likeness (QED) is 0.782. The van der Waals surface area contributed by atoms with Gasteiger partial charge in [-0.15, -0.1) is 12.3 Å². The van der Waals surface area contributed by atoms with Gasteiger partial charge >= 0.3 is 0 Å². The monoisotopic (exact) mass is 221 g/mol. The molecule has 78 valence electrons. The van der Waals surface area contributed by atoms with Gasteiger partial charge < -0.3 is 5.32 Å². The van der Waals surface area contributed by atoms with Gasteiger partial charge in [0.15, 0.2) is 0 Å². The number of hydrogen-bond donors (Lipinski definition) is 1. The van der Waals surface area contributed by atoms with Gasteiger partial charge in [0, 0.05) is 23.6 Å². The molecule has 0 aliphatic rings. The SMILES string of the molecule is C#CCCC(=O)Nc1ccc(Cl)cc1C. The number of anilines is 1. The Bertz CT molecular complexity index is 407. The van der Waals surface area contributed by atoms with Crippen molar-refractivity contribution < 1.29 is 4.79 Å². The van der Waals surface area contributed by atoms with Crippen molar-refractivity contribution in [3.8, 4) is 12.3 Å². The minimum absolute atomic E-state index is 0.0710. The summed E-state index contributed by atoms with van der Waals surface area (Å²) in [6, 6.07) is 5.33. The fraction of sp³-hybridized carbons (Fsp3) is 0.250. The van der Waals surface area contributed by atoms with Crippen LogP contribution >= 0.6 is 11.6 Å². The van der Waals surface area contributed by atoms with Gasteiger partial charge in [-0.05, 0) is 30.7 Å². The normalized spacial score (nSPS) is 9.40. The van der Waals surface area contributed by atoms with E-state index in [1.54, 1.807) is 18.2 Å². The van der Waals surface area contributed by atoms with Gasteiger partial charge in [0.2, 0.25) is 5.91 Å². The smallest absolute Gasteiger partial charge is 0.225 e. The van der Waals surface area contributed by atoms with Crippen LogP contribution in [-0.4, -0.2) is 5.91 Å². The molecule has 0 saturated heterocycles. The van der Waals surface area contributed by atoms with E-state index < -0.39 is 0 Å². The Kier molecular flexibility index (Phi) is 4.20. The van der Waals surface area contributed by atoms with Crippen LogP contribution in [0.3, 0.4) is 0 Å². The zero-order valence-electron chi connectivity index (χ0n) is 8.51. The molecule has 0 heterocycles. The van der Waals surface area contributed by atoms with Crippen LogP contribution in [0.25, 0.3) is 0 Å². The first-order valence-electron chi connectivity index (χ1n) is 4.63. The highest BCUT2D eigenvalue weighted by Crippen LogP contribution is 2.19. The van der Waals surface area contributed by atoms with Crippen LogP contribution in [0.2, 0.25) is 5.02 Å². The third-order valence-electron chi connectivity index (χ3n) is 1.96. The van der Waals surface area contributed by atoms with E-state index >= 15 is 0 Å². The van der Waals surface area contributed by atoms with Crippen LogP contribution in [0.15, 0.2) is 18.2 Å². The second-order valence-corrected chi connectivity index (χ2v) is 3.65. The maximum Gasteiger partial charge on any atom is 0.225 e. The summed E-state index contributed by atoms with van der Waals surface area (Å²) >= 11 is 5.80. The molecule has 1 N–H and O–H groups in total. The molecule has 1 aromatic carbocycles. The number of nitrogens with one attached hydrogen (secondary N) is 1. The Hall–Kier alpha value is -1.46. The van der Waals surface area contributed by atoms with Crippen molar-refractivity contribution in [2.75, 3.05) is 5.32 Å². The van der Waals surface area contributed by atoms with Gasteiger partial charge in [-0.2, -0.15) is 0 Å². The van der Waals surface area contributed by atoms with Gasteiger partial charge in [0.1, 0.15) is 0 Å². The summed E-state index contributed by atoms with van der Waals surface area (Å²) in [5.74, 6) is 2.36. The lowest BCUT2D eigenvalue weighted by molar-refractivity contribution is -0.116. The molecule has 0 fully saturated rings. The molecule has 1 amide bonds. The molecule has 0 radical (unpaired) electrons. The van der Waals surface area contributed by atoms with Crippen molar-refractivity contribution in [1.82, 2.24) is 0 Å². The number of amides is 1. The molecule has 0 aliphatic heterocycles. The van der Waals surface area contributed by atoms with Crippen LogP contribution in [0.4, 0.5) is 5.69 Å². The molecule has 0 bridgehead atoms. The molecule has 1 rings (SSSR count). The summed E-state index contributed by atoms with van der Waals surface area (Å²) in [6.07, 6.45) is 5.88. The number of carbonyl (C=O) groups is 1. The standard InChI is InChI=1S/C12H12ClNO/c1-3-4-5-12(15)14-11-7-6-10(13)8-9(11)2/h1,6-8H,4-5H2,2H3,(H,14,15). The first kappa shape index (κ1) is 11.6. The number of halogens is 1. The van der Waals surface area contributed by atoms with Crippen molar-refractivity contribution in [1.29, 1.82) is 0 Å². The zero-order chi connectivity index (χ0) is 11.3. The average Bonchev–Trinajstić information content (AvgIpc) is 2.19. The van der Waals surface area contributed by atoms with E-state index in [1.165, 1.54) is 0 Å². The molecule has 0 unspecified atom stereocenters. The number of carbonyl (C=O) groups excluding carboxylic acids is 1. The molecule has 0 aromatic heterocycles. The van der Waals surface area contributed by atoms with E-state index in [2.05, 4.69) is 11.2 Å². The first-order valence-corrected chi connectivity index (χ1v) is 5.00. The number of rotatable bonds is 3. The highest BCUT2D eigenvalue weighted by Gasteiger charge is 2.03. The van der Waals surface area contributed by atoms with Crippen LogP contribution < -0.4 is 5.32 Å². The van der Waals surface area contributed by atoms with E-state index in [0.29, 0.717) is 17.9 Å². The van der Waals surface area contributed by atoms with Crippen LogP contribution in [0.5, 0.6) is 0 Å². The second-order valence-electron chi connectivity index (χ2n) is 3.21. The maximum absolute atomic E-state index is 11.4. The summed E-state index contributed by atoms with van der Waals surface area (Å²) in [6.45, 7) is 1.89. The Morgan fingerprint density at radius 2 is 2.33 bits per heavy atom. The molecule has 0 spiro atoms. The molecule has 0 aliphatic carbocycles. The highest BCUT2D eigenvalue weighted by molar-refractivity contribution is 6.30. The topological polar surface area (TPSA) is 29.1 Å². The predicted molar refractivity (Wildman–Crippen MR) is 62.9 cm³/mol. The number of terminal acetylenes is 1. The van der Waals surface area contributed by atoms with Gasteiger partial charge in [0.05, 0.1) is 0 Å². The minimum Gasteiger partial charge on any atom is -0.326 e. The molecule has 3 heteroatoms. The number of benzene rings is 1. The van der Waals surface area contributed by atoms with E-state index in [9.17, 15) is 4.79 Å². The highest BCUT2D eigenvalue weighted by atomic mass is 35.5. The second kappa shape index (κ2) is 5.43. The van der Waals surface area contributed by atoms with Crippen molar-refractivity contribution in [3.63, 3.8) is 0 Å².